The van der Waals surface area contributed by atoms with Gasteiger partial charge in [0.1, 0.15) is 11.6 Å². The fourth-order valence-electron chi connectivity index (χ4n) is 1.89. The maximum atomic E-state index is 13.6. The molecule has 7 heteroatoms. The molecule has 2 aromatic rings. The van der Waals surface area contributed by atoms with Crippen LogP contribution >= 0.6 is 0 Å². The molecule has 106 valence electrons. The topological polar surface area (TPSA) is 73.0 Å². The van der Waals surface area contributed by atoms with Crippen LogP contribution in [-0.4, -0.2) is 14.5 Å². The summed E-state index contributed by atoms with van der Waals surface area (Å²) in [7, 11) is 0. The molecule has 0 radical (unpaired) electrons. The highest BCUT2D eigenvalue weighted by Crippen LogP contribution is 2.21. The molecular weight excluding hydrogens is 263 g/mol. The molecule has 1 heterocycles. The van der Waals surface area contributed by atoms with Crippen molar-refractivity contribution in [3.05, 3.63) is 52.3 Å². The van der Waals surface area contributed by atoms with E-state index in [0.29, 0.717) is 6.54 Å². The Labute approximate surface area is 115 Å². The van der Waals surface area contributed by atoms with Crippen molar-refractivity contribution in [3.63, 3.8) is 0 Å². The van der Waals surface area contributed by atoms with Crippen LogP contribution in [0.15, 0.2) is 30.6 Å². The number of aryl methyl sites for hydroxylation is 1. The predicted octanol–water partition coefficient (Wildman–Crippen LogP) is 2.95. The second-order valence-electron chi connectivity index (χ2n) is 4.31. The number of non-ortho nitro benzene ring substituents is 1. The predicted molar refractivity (Wildman–Crippen MR) is 72.9 cm³/mol. The minimum Gasteiger partial charge on any atom is -0.375 e. The normalized spacial score (nSPS) is 10.5. The zero-order valence-corrected chi connectivity index (χ0v) is 11.0. The fourth-order valence-corrected chi connectivity index (χ4v) is 1.89. The molecule has 1 N–H and O–H groups in total. The van der Waals surface area contributed by atoms with Crippen molar-refractivity contribution in [2.45, 2.75) is 26.4 Å². The quantitative estimate of drug-likeness (QED) is 0.651. The molecule has 6 nitrogen and oxygen atoms in total. The van der Waals surface area contributed by atoms with Crippen LogP contribution in [0, 0.1) is 15.9 Å². The monoisotopic (exact) mass is 278 g/mol. The van der Waals surface area contributed by atoms with E-state index >= 15 is 0 Å². The Morgan fingerprint density at radius 3 is 3.00 bits per heavy atom. The number of aromatic nitrogens is 2. The number of hydrogen-bond acceptors (Lipinski definition) is 4. The first kappa shape index (κ1) is 14.0. The van der Waals surface area contributed by atoms with Crippen LogP contribution in [0.5, 0.6) is 0 Å². The Balaban J connectivity index is 2.12. The molecule has 1 aromatic carbocycles. The van der Waals surface area contributed by atoms with Gasteiger partial charge in [0.25, 0.3) is 5.69 Å². The van der Waals surface area contributed by atoms with Crippen LogP contribution in [0.2, 0.25) is 0 Å². The lowest BCUT2D eigenvalue weighted by atomic mass is 10.2. The second-order valence-corrected chi connectivity index (χ2v) is 4.31. The third-order valence-electron chi connectivity index (χ3n) is 2.86. The van der Waals surface area contributed by atoms with Gasteiger partial charge in [0, 0.05) is 31.1 Å². The van der Waals surface area contributed by atoms with Gasteiger partial charge in [0.2, 0.25) is 0 Å². The summed E-state index contributed by atoms with van der Waals surface area (Å²) < 4.78 is 15.6. The Hall–Kier alpha value is -2.44. The maximum absolute atomic E-state index is 13.6. The molecule has 0 aliphatic carbocycles. The van der Waals surface area contributed by atoms with E-state index in [1.807, 2.05) is 10.8 Å². The molecule has 0 unspecified atom stereocenters. The van der Waals surface area contributed by atoms with Gasteiger partial charge in [-0.15, -0.1) is 0 Å². The van der Waals surface area contributed by atoms with E-state index in [2.05, 4.69) is 17.2 Å². The number of nitrogens with zero attached hydrogens (tertiary/aromatic N) is 3. The van der Waals surface area contributed by atoms with Gasteiger partial charge in [-0.25, -0.2) is 9.37 Å². The number of benzene rings is 1. The summed E-state index contributed by atoms with van der Waals surface area (Å²) in [5.41, 5.74) is -0.0453. The van der Waals surface area contributed by atoms with E-state index in [4.69, 9.17) is 0 Å². The Kier molecular flexibility index (Phi) is 4.29. The average Bonchev–Trinajstić information content (AvgIpc) is 2.85. The molecule has 0 spiro atoms. The second kappa shape index (κ2) is 6.14. The third-order valence-corrected chi connectivity index (χ3v) is 2.86. The lowest BCUT2D eigenvalue weighted by molar-refractivity contribution is -0.384. The van der Waals surface area contributed by atoms with Crippen LogP contribution in [0.25, 0.3) is 0 Å². The number of nitro groups is 1. The van der Waals surface area contributed by atoms with E-state index in [0.717, 1.165) is 30.9 Å². The zero-order valence-electron chi connectivity index (χ0n) is 11.0. The van der Waals surface area contributed by atoms with Crippen molar-refractivity contribution in [1.29, 1.82) is 0 Å². The Morgan fingerprint density at radius 1 is 1.50 bits per heavy atom. The van der Waals surface area contributed by atoms with Crippen molar-refractivity contribution in [3.8, 4) is 0 Å². The number of hydrogen-bond donors (Lipinski definition) is 1. The SMILES string of the molecule is CCCn1ccnc1CNc1cc([N+](=O)[O-])ccc1F. The van der Waals surface area contributed by atoms with Gasteiger partial charge in [-0.2, -0.15) is 0 Å². The van der Waals surface area contributed by atoms with Gasteiger partial charge in [0.15, 0.2) is 0 Å². The van der Waals surface area contributed by atoms with E-state index in [-0.39, 0.29) is 11.4 Å². The largest absolute Gasteiger partial charge is 0.375 e. The molecule has 0 fully saturated rings. The number of nitrogens with one attached hydrogen (secondary N) is 1. The molecular formula is C13H15FN4O2. The number of rotatable bonds is 6. The smallest absolute Gasteiger partial charge is 0.271 e. The average molecular weight is 278 g/mol. The highest BCUT2D eigenvalue weighted by molar-refractivity contribution is 5.52. The van der Waals surface area contributed by atoms with Gasteiger partial charge in [-0.1, -0.05) is 6.92 Å². The van der Waals surface area contributed by atoms with Crippen LogP contribution in [0.1, 0.15) is 19.2 Å². The molecule has 0 aliphatic rings. The summed E-state index contributed by atoms with van der Waals surface area (Å²) in [6.45, 7) is 3.19. The number of halogens is 1. The Bertz CT molecular complexity index is 612. The first-order chi connectivity index (χ1) is 9.61. The molecule has 1 aromatic heterocycles. The van der Waals surface area contributed by atoms with E-state index in [1.54, 1.807) is 6.20 Å². The van der Waals surface area contributed by atoms with Crippen molar-refractivity contribution in [2.75, 3.05) is 5.32 Å². The van der Waals surface area contributed by atoms with Crippen LogP contribution in [-0.2, 0) is 13.1 Å². The lowest BCUT2D eigenvalue weighted by Gasteiger charge is -2.09. The van der Waals surface area contributed by atoms with Gasteiger partial charge in [-0.05, 0) is 12.5 Å². The van der Waals surface area contributed by atoms with Crippen LogP contribution in [0.4, 0.5) is 15.8 Å². The summed E-state index contributed by atoms with van der Waals surface area (Å²) in [5.74, 6) is 0.238. The summed E-state index contributed by atoms with van der Waals surface area (Å²) in [6, 6.07) is 3.40. The molecule has 0 aliphatic heterocycles. The van der Waals surface area contributed by atoms with Crippen molar-refractivity contribution in [1.82, 2.24) is 9.55 Å². The molecule has 2 rings (SSSR count). The van der Waals surface area contributed by atoms with Gasteiger partial charge < -0.3 is 9.88 Å². The molecule has 0 saturated carbocycles. The molecule has 0 saturated heterocycles. The van der Waals surface area contributed by atoms with Crippen molar-refractivity contribution >= 4 is 11.4 Å². The first-order valence-electron chi connectivity index (χ1n) is 6.29. The van der Waals surface area contributed by atoms with E-state index < -0.39 is 10.7 Å². The van der Waals surface area contributed by atoms with Gasteiger partial charge in [0.05, 0.1) is 17.2 Å². The zero-order chi connectivity index (χ0) is 14.5. The van der Waals surface area contributed by atoms with Crippen molar-refractivity contribution in [2.24, 2.45) is 0 Å². The Morgan fingerprint density at radius 2 is 2.30 bits per heavy atom. The highest BCUT2D eigenvalue weighted by atomic mass is 19.1. The summed E-state index contributed by atoms with van der Waals surface area (Å²) in [4.78, 5) is 14.3. The standard InChI is InChI=1S/C13H15FN4O2/c1-2-6-17-7-5-15-13(17)9-16-12-8-10(18(19)20)3-4-11(12)14/h3-5,7-8,16H,2,6,9H2,1H3. The number of anilines is 1. The maximum Gasteiger partial charge on any atom is 0.271 e. The summed E-state index contributed by atoms with van der Waals surface area (Å²) in [6.07, 6.45) is 4.50. The molecule has 20 heavy (non-hydrogen) atoms. The van der Waals surface area contributed by atoms with Gasteiger partial charge >= 0.3 is 0 Å². The first-order valence-corrected chi connectivity index (χ1v) is 6.29. The lowest BCUT2D eigenvalue weighted by Crippen LogP contribution is -2.09. The fraction of sp³-hybridized carbons (Fsp3) is 0.308. The third kappa shape index (κ3) is 3.11. The molecule has 0 amide bonds. The summed E-state index contributed by atoms with van der Waals surface area (Å²) in [5, 5.41) is 13.5. The van der Waals surface area contributed by atoms with Crippen LogP contribution < -0.4 is 5.32 Å². The highest BCUT2D eigenvalue weighted by Gasteiger charge is 2.11. The number of nitro benzene ring substituents is 1. The van der Waals surface area contributed by atoms with E-state index in [9.17, 15) is 14.5 Å². The van der Waals surface area contributed by atoms with E-state index in [1.165, 1.54) is 6.07 Å². The minimum atomic E-state index is -0.553. The number of imidazole rings is 1. The summed E-state index contributed by atoms with van der Waals surface area (Å²) >= 11 is 0. The van der Waals surface area contributed by atoms with Crippen LogP contribution in [0.3, 0.4) is 0 Å². The molecule has 0 bridgehead atoms. The van der Waals surface area contributed by atoms with Crippen molar-refractivity contribution < 1.29 is 9.31 Å². The molecule has 0 atom stereocenters. The minimum absolute atomic E-state index is 0.102. The van der Waals surface area contributed by atoms with Gasteiger partial charge in [-0.3, -0.25) is 10.1 Å².